The van der Waals surface area contributed by atoms with Gasteiger partial charge in [0.05, 0.1) is 38.8 Å². The van der Waals surface area contributed by atoms with Crippen molar-refractivity contribution in [3.63, 3.8) is 0 Å². The molecule has 0 bridgehead atoms. The van der Waals surface area contributed by atoms with E-state index in [0.717, 1.165) is 55.3 Å². The topological polar surface area (TPSA) is 53.5 Å². The molecule has 0 amide bonds. The third-order valence-electron chi connectivity index (χ3n) is 14.1. The van der Waals surface area contributed by atoms with Gasteiger partial charge in [0.15, 0.2) is 11.6 Å². The first-order chi connectivity index (χ1) is 32.5. The van der Waals surface area contributed by atoms with E-state index < -0.39 is 0 Å². The van der Waals surface area contributed by atoms with E-state index in [1.54, 1.807) is 0 Å². The Morgan fingerprint density at radius 2 is 0.833 bits per heavy atom. The van der Waals surface area contributed by atoms with Crippen LogP contribution in [0.25, 0.3) is 117 Å². The van der Waals surface area contributed by atoms with E-state index in [1.807, 2.05) is 36.4 Å². The predicted molar refractivity (Wildman–Crippen MR) is 271 cm³/mol. The van der Waals surface area contributed by atoms with Crippen LogP contribution in [0.2, 0.25) is 0 Å². The number of aromatic nitrogens is 6. The molecule has 1 aliphatic carbocycles. The maximum Gasteiger partial charge on any atom is 0.238 e. The molecule has 310 valence electrons. The second kappa shape index (κ2) is 13.7. The molecule has 14 rings (SSSR count). The summed E-state index contributed by atoms with van der Waals surface area (Å²) in [5, 5.41) is 7.18. The molecule has 1 aliphatic rings. The fourth-order valence-electron chi connectivity index (χ4n) is 11.2. The second-order valence-electron chi connectivity index (χ2n) is 18.0. The summed E-state index contributed by atoms with van der Waals surface area (Å²) in [6, 6.07) is 74.1. The van der Waals surface area contributed by atoms with Crippen LogP contribution in [0.15, 0.2) is 206 Å². The molecule has 6 heteroatoms. The van der Waals surface area contributed by atoms with Gasteiger partial charge in [-0.15, -0.1) is 0 Å². The van der Waals surface area contributed by atoms with Crippen molar-refractivity contribution in [3.8, 4) is 51.2 Å². The number of hydrogen-bond donors (Lipinski definition) is 0. The summed E-state index contributed by atoms with van der Waals surface area (Å²) >= 11 is 0. The van der Waals surface area contributed by atoms with Crippen molar-refractivity contribution in [2.75, 3.05) is 0 Å². The Balaban J connectivity index is 1.04. The molecule has 0 saturated carbocycles. The van der Waals surface area contributed by atoms with E-state index in [4.69, 9.17) is 15.0 Å². The lowest BCUT2D eigenvalue weighted by Crippen LogP contribution is -2.14. The van der Waals surface area contributed by atoms with Crippen LogP contribution >= 0.6 is 0 Å². The van der Waals surface area contributed by atoms with Crippen molar-refractivity contribution in [1.29, 1.82) is 0 Å². The fraction of sp³-hybridized carbons (Fsp3) is 0.0500. The van der Waals surface area contributed by atoms with E-state index in [0.29, 0.717) is 17.6 Å². The lowest BCUT2D eigenvalue weighted by Gasteiger charge is -2.21. The molecule has 0 unspecified atom stereocenters. The van der Waals surface area contributed by atoms with Crippen LogP contribution < -0.4 is 0 Å². The van der Waals surface area contributed by atoms with Crippen LogP contribution in [0.1, 0.15) is 25.0 Å². The smallest absolute Gasteiger partial charge is 0.238 e. The van der Waals surface area contributed by atoms with Gasteiger partial charge in [-0.25, -0.2) is 4.98 Å². The summed E-state index contributed by atoms with van der Waals surface area (Å²) in [5.41, 5.74) is 16.2. The molecule has 4 heterocycles. The van der Waals surface area contributed by atoms with Gasteiger partial charge in [0.25, 0.3) is 0 Å². The molecular formula is C60H40N6. The standard InChI is InChI=1S/C60H40N6/c1-60(2)45-26-13-9-22-40(45)44-36-39(32-33-46(44)60)64-47-27-14-11-24-42(47)55-52(64)34-35-53-56(55)43-25-12-15-28-48(43)65(53)50-30-17-31-51-54(50)41-23-10-16-29-49(41)66(51)59-62-57(37-18-5-3-6-19-37)61-58(63-59)38-20-7-4-8-21-38/h3-36H,1-2H3. The van der Waals surface area contributed by atoms with Gasteiger partial charge >= 0.3 is 0 Å². The minimum absolute atomic E-state index is 0.0596. The monoisotopic (exact) mass is 844 g/mol. The maximum atomic E-state index is 5.22. The van der Waals surface area contributed by atoms with Crippen LogP contribution in [-0.2, 0) is 5.41 Å². The van der Waals surface area contributed by atoms with Gasteiger partial charge in [0, 0.05) is 54.5 Å². The van der Waals surface area contributed by atoms with Gasteiger partial charge in [0.1, 0.15) is 0 Å². The summed E-state index contributed by atoms with van der Waals surface area (Å²) in [5.74, 6) is 1.82. The maximum absolute atomic E-state index is 5.22. The number of nitrogens with zero attached hydrogens (tertiary/aromatic N) is 6. The molecule has 66 heavy (non-hydrogen) atoms. The lowest BCUT2D eigenvalue weighted by molar-refractivity contribution is 0.660. The molecule has 0 atom stereocenters. The predicted octanol–water partition coefficient (Wildman–Crippen LogP) is 14.8. The van der Waals surface area contributed by atoms with Crippen LogP contribution in [0.4, 0.5) is 0 Å². The summed E-state index contributed by atoms with van der Waals surface area (Å²) in [4.78, 5) is 15.5. The Morgan fingerprint density at radius 1 is 0.348 bits per heavy atom. The Bertz CT molecular complexity index is 4080. The largest absolute Gasteiger partial charge is 0.309 e. The van der Waals surface area contributed by atoms with Crippen molar-refractivity contribution in [3.05, 3.63) is 217 Å². The van der Waals surface area contributed by atoms with E-state index in [-0.39, 0.29) is 5.41 Å². The van der Waals surface area contributed by atoms with E-state index in [9.17, 15) is 0 Å². The number of fused-ring (bicyclic) bond motifs is 13. The Hall–Kier alpha value is -8.61. The van der Waals surface area contributed by atoms with Crippen molar-refractivity contribution in [2.45, 2.75) is 19.3 Å². The molecule has 9 aromatic carbocycles. The zero-order valence-electron chi connectivity index (χ0n) is 36.3. The third kappa shape index (κ3) is 5.09. The number of hydrogen-bond acceptors (Lipinski definition) is 3. The van der Waals surface area contributed by atoms with E-state index in [1.165, 1.54) is 54.8 Å². The highest BCUT2D eigenvalue weighted by atomic mass is 15.2. The zero-order valence-corrected chi connectivity index (χ0v) is 36.3. The Labute approximate surface area is 380 Å². The number of rotatable bonds is 5. The second-order valence-corrected chi connectivity index (χ2v) is 18.0. The fourth-order valence-corrected chi connectivity index (χ4v) is 11.2. The Morgan fingerprint density at radius 3 is 1.48 bits per heavy atom. The number of para-hydroxylation sites is 3. The quantitative estimate of drug-likeness (QED) is 0.173. The first-order valence-corrected chi connectivity index (χ1v) is 22.6. The average molecular weight is 845 g/mol. The first kappa shape index (κ1) is 36.8. The molecule has 0 fully saturated rings. The minimum atomic E-state index is -0.0596. The average Bonchev–Trinajstić information content (AvgIpc) is 4.08. The molecule has 6 nitrogen and oxygen atoms in total. The van der Waals surface area contributed by atoms with E-state index in [2.05, 4.69) is 197 Å². The highest BCUT2D eigenvalue weighted by Gasteiger charge is 2.35. The van der Waals surface area contributed by atoms with Gasteiger partial charge in [-0.1, -0.05) is 166 Å². The zero-order chi connectivity index (χ0) is 43.7. The molecule has 0 spiro atoms. The molecule has 0 N–H and O–H groups in total. The van der Waals surface area contributed by atoms with Crippen LogP contribution in [-0.4, -0.2) is 28.7 Å². The van der Waals surface area contributed by atoms with Gasteiger partial charge in [-0.3, -0.25) is 4.57 Å². The summed E-state index contributed by atoms with van der Waals surface area (Å²) < 4.78 is 7.16. The third-order valence-corrected chi connectivity index (χ3v) is 14.1. The highest BCUT2D eigenvalue weighted by Crippen LogP contribution is 2.50. The molecule has 0 radical (unpaired) electrons. The Kier molecular flexibility index (Phi) is 7.64. The molecule has 0 saturated heterocycles. The van der Waals surface area contributed by atoms with Crippen LogP contribution in [0.3, 0.4) is 0 Å². The normalized spacial score (nSPS) is 13.1. The van der Waals surface area contributed by atoms with Crippen LogP contribution in [0, 0.1) is 0 Å². The molecule has 13 aromatic rings. The van der Waals surface area contributed by atoms with Crippen molar-refractivity contribution >= 4 is 65.4 Å². The molecular weight excluding hydrogens is 805 g/mol. The lowest BCUT2D eigenvalue weighted by atomic mass is 9.82. The molecule has 0 aliphatic heterocycles. The summed E-state index contributed by atoms with van der Waals surface area (Å²) in [6.45, 7) is 4.69. The van der Waals surface area contributed by atoms with Gasteiger partial charge in [-0.2, -0.15) is 9.97 Å². The van der Waals surface area contributed by atoms with Crippen LogP contribution in [0.5, 0.6) is 0 Å². The van der Waals surface area contributed by atoms with Gasteiger partial charge in [-0.05, 0) is 76.9 Å². The summed E-state index contributed by atoms with van der Waals surface area (Å²) in [6.07, 6.45) is 0. The van der Waals surface area contributed by atoms with E-state index >= 15 is 0 Å². The van der Waals surface area contributed by atoms with Crippen molar-refractivity contribution in [2.24, 2.45) is 0 Å². The highest BCUT2D eigenvalue weighted by molar-refractivity contribution is 6.29. The van der Waals surface area contributed by atoms with Crippen molar-refractivity contribution < 1.29 is 0 Å². The first-order valence-electron chi connectivity index (χ1n) is 22.6. The SMILES string of the molecule is CC1(C)c2ccccc2-c2cc(-n3c4ccccc4c4c5c6ccccc6n(-c6cccc7c6c6ccccc6n7-c6nc(-c7ccccc7)nc(-c7ccccc7)n6)c5ccc43)ccc21. The minimum Gasteiger partial charge on any atom is -0.309 e. The molecule has 4 aromatic heterocycles. The summed E-state index contributed by atoms with van der Waals surface area (Å²) in [7, 11) is 0. The van der Waals surface area contributed by atoms with Gasteiger partial charge in [0.2, 0.25) is 5.95 Å². The van der Waals surface area contributed by atoms with Gasteiger partial charge < -0.3 is 9.13 Å². The number of benzene rings is 9. The van der Waals surface area contributed by atoms with Crippen molar-refractivity contribution in [1.82, 2.24) is 28.7 Å².